The van der Waals surface area contributed by atoms with Crippen molar-refractivity contribution in [1.29, 1.82) is 0 Å². The molecule has 0 unspecified atom stereocenters. The summed E-state index contributed by atoms with van der Waals surface area (Å²) in [5.41, 5.74) is 1.81. The summed E-state index contributed by atoms with van der Waals surface area (Å²) in [5.74, 6) is -1.09. The third kappa shape index (κ3) is 2.12. The monoisotopic (exact) mass is 118 g/mol. The molecule has 1 atom stereocenters. The smallest absolute Gasteiger partial charge is 0.327 e. The number of carboxylic acids is 1. The van der Waals surface area contributed by atoms with Gasteiger partial charge in [-0.1, -0.05) is 0 Å². The van der Waals surface area contributed by atoms with Gasteiger partial charge in [-0.25, -0.2) is 4.79 Å². The Hall–Kier alpha value is -1.13. The Bertz CT molecular complexity index is 103. The fourth-order valence-corrected chi connectivity index (χ4v) is 0.134. The zero-order valence-electron chi connectivity index (χ0n) is 4.29. The quantitative estimate of drug-likeness (QED) is 0.395. The largest absolute Gasteiger partial charge is 0.480 e. The Morgan fingerprint density at radius 2 is 2.38 bits per heavy atom. The topological polar surface area (TPSA) is 78.8 Å². The maximum atomic E-state index is 9.83. The number of carbonyl (C=O) groups is 1. The van der Waals surface area contributed by atoms with Gasteiger partial charge in [0, 0.05) is 0 Å². The highest BCUT2D eigenvalue weighted by Gasteiger charge is 2.07. The number of aliphatic carboxylic acids is 1. The summed E-state index contributed by atoms with van der Waals surface area (Å²) in [6.07, 6.45) is 0. The first-order chi connectivity index (χ1) is 3.68. The highest BCUT2D eigenvalue weighted by atomic mass is 16.4. The molecular weight excluding hydrogens is 112 g/mol. The maximum absolute atomic E-state index is 9.83. The SMILES string of the molecule is C[C@H](NN=O)C(=O)O. The summed E-state index contributed by atoms with van der Waals surface area (Å²) in [6.45, 7) is 1.32. The minimum Gasteiger partial charge on any atom is -0.480 e. The molecule has 0 aliphatic carbocycles. The van der Waals surface area contributed by atoms with Crippen LogP contribution in [-0.2, 0) is 4.79 Å². The average molecular weight is 118 g/mol. The molecule has 0 heterocycles. The van der Waals surface area contributed by atoms with Gasteiger partial charge in [0.1, 0.15) is 6.04 Å². The van der Waals surface area contributed by atoms with Crippen molar-refractivity contribution >= 4 is 5.97 Å². The summed E-state index contributed by atoms with van der Waals surface area (Å²) in [6, 6.07) is -0.896. The van der Waals surface area contributed by atoms with Crippen molar-refractivity contribution in [1.82, 2.24) is 5.43 Å². The van der Waals surface area contributed by atoms with Gasteiger partial charge in [-0.05, 0) is 6.92 Å². The van der Waals surface area contributed by atoms with Crippen LogP contribution in [0.25, 0.3) is 0 Å². The molecule has 0 saturated carbocycles. The normalized spacial score (nSPS) is 12.1. The van der Waals surface area contributed by atoms with E-state index < -0.39 is 12.0 Å². The highest BCUT2D eigenvalue weighted by molar-refractivity contribution is 5.72. The molecule has 0 aromatic rings. The van der Waals surface area contributed by atoms with Crippen LogP contribution in [0.4, 0.5) is 0 Å². The first-order valence-corrected chi connectivity index (χ1v) is 1.99. The molecule has 0 radical (unpaired) electrons. The van der Waals surface area contributed by atoms with Crippen LogP contribution in [0.5, 0.6) is 0 Å². The van der Waals surface area contributed by atoms with E-state index in [0.29, 0.717) is 0 Å². The van der Waals surface area contributed by atoms with Crippen molar-refractivity contribution in [2.45, 2.75) is 13.0 Å². The summed E-state index contributed by atoms with van der Waals surface area (Å²) in [7, 11) is 0. The lowest BCUT2D eigenvalue weighted by atomic mass is 10.4. The van der Waals surface area contributed by atoms with E-state index in [1.54, 1.807) is 0 Å². The van der Waals surface area contributed by atoms with Gasteiger partial charge in [-0.15, -0.1) is 4.91 Å². The van der Waals surface area contributed by atoms with Crippen molar-refractivity contribution in [3.63, 3.8) is 0 Å². The van der Waals surface area contributed by atoms with Crippen molar-refractivity contribution in [3.8, 4) is 0 Å². The zero-order chi connectivity index (χ0) is 6.57. The number of hydrogen-bond donors (Lipinski definition) is 2. The molecule has 0 aromatic carbocycles. The first kappa shape index (κ1) is 6.87. The second kappa shape index (κ2) is 2.95. The number of nitrogens with zero attached hydrogens (tertiary/aromatic N) is 1. The van der Waals surface area contributed by atoms with Crippen LogP contribution in [0.15, 0.2) is 5.29 Å². The van der Waals surface area contributed by atoms with Crippen LogP contribution in [0, 0.1) is 4.91 Å². The van der Waals surface area contributed by atoms with Crippen LogP contribution in [0.2, 0.25) is 0 Å². The second-order valence-electron chi connectivity index (χ2n) is 1.28. The van der Waals surface area contributed by atoms with Crippen molar-refractivity contribution in [3.05, 3.63) is 4.91 Å². The second-order valence-corrected chi connectivity index (χ2v) is 1.28. The number of nitrogens with one attached hydrogen (secondary N) is 1. The van der Waals surface area contributed by atoms with Gasteiger partial charge in [-0.2, -0.15) is 0 Å². The standard InChI is InChI=1S/C3H6N2O3/c1-2(3(6)7)4-5-8/h2H,1H3,(H,4,8)(H,6,7)/t2-/m0/s1. The molecule has 46 valence electrons. The third-order valence-corrected chi connectivity index (χ3v) is 0.617. The Morgan fingerprint density at radius 1 is 1.88 bits per heavy atom. The fourth-order valence-electron chi connectivity index (χ4n) is 0.134. The highest BCUT2D eigenvalue weighted by Crippen LogP contribution is 1.77. The lowest BCUT2D eigenvalue weighted by Gasteiger charge is -1.98. The van der Waals surface area contributed by atoms with Crippen molar-refractivity contribution in [2.24, 2.45) is 5.29 Å². The van der Waals surface area contributed by atoms with Crippen LogP contribution in [-0.4, -0.2) is 17.1 Å². The Kier molecular flexibility index (Phi) is 2.53. The predicted molar refractivity (Wildman–Crippen MR) is 26.0 cm³/mol. The number of rotatable bonds is 3. The third-order valence-electron chi connectivity index (χ3n) is 0.617. The molecule has 0 fully saturated rings. The molecule has 0 aliphatic heterocycles. The predicted octanol–water partition coefficient (Wildman–Crippen LogP) is -0.269. The van der Waals surface area contributed by atoms with E-state index in [0.717, 1.165) is 0 Å². The van der Waals surface area contributed by atoms with E-state index in [1.807, 2.05) is 5.43 Å². The number of hydrogen-bond acceptors (Lipinski definition) is 3. The summed E-state index contributed by atoms with van der Waals surface area (Å²) in [4.78, 5) is 19.1. The van der Waals surface area contributed by atoms with E-state index in [2.05, 4.69) is 5.29 Å². The van der Waals surface area contributed by atoms with E-state index in [1.165, 1.54) is 6.92 Å². The minimum absolute atomic E-state index is 0.896. The lowest BCUT2D eigenvalue weighted by Crippen LogP contribution is -2.28. The molecular formula is C3H6N2O3. The molecule has 0 rings (SSSR count). The van der Waals surface area contributed by atoms with E-state index in [4.69, 9.17) is 5.11 Å². The first-order valence-electron chi connectivity index (χ1n) is 1.99. The fraction of sp³-hybridized carbons (Fsp3) is 0.667. The Balaban J connectivity index is 3.46. The van der Waals surface area contributed by atoms with Crippen LogP contribution in [0.1, 0.15) is 6.92 Å². The van der Waals surface area contributed by atoms with Crippen LogP contribution >= 0.6 is 0 Å². The molecule has 8 heavy (non-hydrogen) atoms. The number of carboxylic acid groups (broad SMARTS) is 1. The van der Waals surface area contributed by atoms with E-state index in [9.17, 15) is 9.70 Å². The number of nitroso groups, excluding NO2 is 1. The average Bonchev–Trinajstić information content (AvgIpc) is 1.67. The lowest BCUT2D eigenvalue weighted by molar-refractivity contribution is -0.138. The van der Waals surface area contributed by atoms with Gasteiger partial charge in [0.2, 0.25) is 0 Å². The van der Waals surface area contributed by atoms with E-state index in [-0.39, 0.29) is 0 Å². The zero-order valence-corrected chi connectivity index (χ0v) is 4.29. The maximum Gasteiger partial charge on any atom is 0.327 e. The molecule has 0 bridgehead atoms. The molecule has 0 amide bonds. The summed E-state index contributed by atoms with van der Waals surface area (Å²) in [5, 5.41) is 10.2. The molecule has 0 aliphatic rings. The Labute approximate surface area is 45.6 Å². The molecule has 0 aromatic heterocycles. The molecule has 0 saturated heterocycles. The molecule has 2 N–H and O–H groups in total. The summed E-state index contributed by atoms with van der Waals surface area (Å²) >= 11 is 0. The van der Waals surface area contributed by atoms with E-state index >= 15 is 0 Å². The molecule has 0 spiro atoms. The van der Waals surface area contributed by atoms with Crippen molar-refractivity contribution in [2.75, 3.05) is 0 Å². The minimum atomic E-state index is -1.09. The van der Waals surface area contributed by atoms with Gasteiger partial charge >= 0.3 is 5.97 Å². The van der Waals surface area contributed by atoms with Gasteiger partial charge in [-0.3, -0.25) is 5.43 Å². The van der Waals surface area contributed by atoms with Gasteiger partial charge in [0.15, 0.2) is 0 Å². The van der Waals surface area contributed by atoms with Crippen LogP contribution < -0.4 is 5.43 Å². The van der Waals surface area contributed by atoms with Gasteiger partial charge in [0.25, 0.3) is 0 Å². The van der Waals surface area contributed by atoms with Gasteiger partial charge < -0.3 is 5.11 Å². The Morgan fingerprint density at radius 3 is 2.50 bits per heavy atom. The molecule has 5 heteroatoms. The summed E-state index contributed by atoms with van der Waals surface area (Å²) < 4.78 is 0. The van der Waals surface area contributed by atoms with Crippen molar-refractivity contribution < 1.29 is 9.90 Å². The van der Waals surface area contributed by atoms with Crippen LogP contribution in [0.3, 0.4) is 0 Å². The molecule has 5 nitrogen and oxygen atoms in total. The van der Waals surface area contributed by atoms with Gasteiger partial charge in [0.05, 0.1) is 5.29 Å².